The predicted octanol–water partition coefficient (Wildman–Crippen LogP) is -0.133. The van der Waals surface area contributed by atoms with Gasteiger partial charge in [0, 0.05) is 0 Å². The summed E-state index contributed by atoms with van der Waals surface area (Å²) in [5, 5.41) is 16.2. The molecule has 0 amide bonds. The van der Waals surface area contributed by atoms with Gasteiger partial charge in [-0.3, -0.25) is 12.9 Å². The van der Waals surface area contributed by atoms with E-state index >= 15 is 0 Å². The second-order valence-electron chi connectivity index (χ2n) is 1.31. The minimum atomic E-state index is -3.67. The third kappa shape index (κ3) is 41.8. The van der Waals surface area contributed by atoms with Crippen molar-refractivity contribution in [1.82, 2.24) is 0 Å². The van der Waals surface area contributed by atoms with Gasteiger partial charge in [-0.25, -0.2) is 0 Å². The molecule has 0 saturated carbocycles. The molecule has 0 rings (SSSR count). The normalized spacial score (nSPS) is 8.45. The molecule has 0 spiro atoms. The van der Waals surface area contributed by atoms with E-state index in [0.717, 1.165) is 0 Å². The van der Waals surface area contributed by atoms with E-state index in [0.29, 0.717) is 13.2 Å². The zero-order valence-corrected chi connectivity index (χ0v) is 5.84. The molecule has 11 heavy (non-hydrogen) atoms. The molecule has 0 aliphatic rings. The summed E-state index contributed by atoms with van der Waals surface area (Å²) in [7, 11) is -3.67. The quantitative estimate of drug-likeness (QED) is 0.460. The lowest BCUT2D eigenvalue weighted by Crippen LogP contribution is -2.03. The molecule has 0 unspecified atom stereocenters. The second kappa shape index (κ2) is 12.4. The fourth-order valence-corrected chi connectivity index (χ4v) is 0.231. The number of aliphatic hydroxyl groups is 2. The van der Waals surface area contributed by atoms with Gasteiger partial charge in [0.05, 0.1) is 26.4 Å². The molecule has 2 N–H and O–H groups in total. The van der Waals surface area contributed by atoms with Crippen LogP contribution < -0.4 is 0 Å². The van der Waals surface area contributed by atoms with E-state index in [1.165, 1.54) is 0 Å². The number of rotatable bonds is 4. The lowest BCUT2D eigenvalue weighted by Gasteiger charge is -1.94. The molecule has 0 aliphatic heterocycles. The Morgan fingerprint density at radius 1 is 1.00 bits per heavy atom. The van der Waals surface area contributed by atoms with Gasteiger partial charge in [0.1, 0.15) is 0 Å². The molecule has 3 nitrogen and oxygen atoms in total. The Morgan fingerprint density at radius 2 is 1.27 bits per heavy atom. The van der Waals surface area contributed by atoms with Crippen LogP contribution in [0.4, 0.5) is 12.9 Å². The zero-order valence-electron chi connectivity index (χ0n) is 5.84. The summed E-state index contributed by atoms with van der Waals surface area (Å²) in [4.78, 5) is 0. The van der Waals surface area contributed by atoms with E-state index in [1.54, 1.807) is 0 Å². The van der Waals surface area contributed by atoms with Crippen LogP contribution in [0, 0.1) is 0 Å². The summed E-state index contributed by atoms with van der Waals surface area (Å²) in [5.74, 6) is 0. The average molecular weight is 174 g/mol. The minimum Gasteiger partial charge on any atom is -0.394 e. The smallest absolute Gasteiger partial charge is 0.394 e. The van der Waals surface area contributed by atoms with Crippen molar-refractivity contribution in [2.45, 2.75) is 0 Å². The number of halogens is 3. The zero-order chi connectivity index (χ0) is 9.11. The topological polar surface area (TPSA) is 49.7 Å². The molecule has 0 aromatic heterocycles. The molecule has 0 heterocycles. The molecule has 0 aromatic rings. The van der Waals surface area contributed by atoms with Crippen LogP contribution >= 0.6 is 0 Å². The van der Waals surface area contributed by atoms with E-state index < -0.39 is 7.54 Å². The highest BCUT2D eigenvalue weighted by atomic mass is 19.4. The number of hydrogen-bond acceptors (Lipinski definition) is 3. The third-order valence-corrected chi connectivity index (χ3v) is 0.471. The average Bonchev–Trinajstić information content (AvgIpc) is 1.88. The summed E-state index contributed by atoms with van der Waals surface area (Å²) in [6.45, 7) is 0.696. The molecule has 68 valence electrons. The van der Waals surface area contributed by atoms with Gasteiger partial charge >= 0.3 is 7.54 Å². The highest BCUT2D eigenvalue weighted by molar-refractivity contribution is 6.33. The maximum absolute atomic E-state index is 9.67. The fraction of sp³-hybridized carbons (Fsp3) is 1.00. The van der Waals surface area contributed by atoms with Crippen molar-refractivity contribution in [1.29, 1.82) is 0 Å². The van der Waals surface area contributed by atoms with E-state index in [1.807, 2.05) is 0 Å². The molecule has 0 aromatic carbocycles. The van der Waals surface area contributed by atoms with Crippen LogP contribution in [0.3, 0.4) is 0 Å². The Kier molecular flexibility index (Phi) is 15.0. The SMILES string of the molecule is FB(F)F.OCCOCCO. The van der Waals surface area contributed by atoms with Crippen molar-refractivity contribution in [3.8, 4) is 0 Å². The molecular weight excluding hydrogens is 164 g/mol. The first-order valence-corrected chi connectivity index (χ1v) is 2.86. The molecular formula is C4H10BF3O3. The fourth-order valence-electron chi connectivity index (χ4n) is 0.231. The maximum Gasteiger partial charge on any atom is 0.762 e. The molecule has 0 bridgehead atoms. The van der Waals surface area contributed by atoms with Crippen LogP contribution in [0.15, 0.2) is 0 Å². The highest BCUT2D eigenvalue weighted by Crippen LogP contribution is 1.80. The van der Waals surface area contributed by atoms with Gasteiger partial charge in [-0.05, 0) is 0 Å². The summed E-state index contributed by atoms with van der Waals surface area (Å²) in [6.07, 6.45) is 0. The van der Waals surface area contributed by atoms with E-state index in [9.17, 15) is 12.9 Å². The van der Waals surface area contributed by atoms with Crippen molar-refractivity contribution < 1.29 is 27.9 Å². The Hall–Kier alpha value is -0.265. The molecule has 7 heteroatoms. The van der Waals surface area contributed by atoms with Gasteiger partial charge in [0.2, 0.25) is 0 Å². The third-order valence-electron chi connectivity index (χ3n) is 0.471. The lowest BCUT2D eigenvalue weighted by molar-refractivity contribution is 0.0650. The van der Waals surface area contributed by atoms with Gasteiger partial charge in [-0.15, -0.1) is 0 Å². The monoisotopic (exact) mass is 174 g/mol. The Bertz CT molecular complexity index is 59.8. The van der Waals surface area contributed by atoms with Crippen molar-refractivity contribution >= 4 is 7.54 Å². The standard InChI is InChI=1S/C4H10O3.BF3/c5-1-3-7-4-2-6;2-1(3)4/h5-6H,1-4H2;. The van der Waals surface area contributed by atoms with Crippen LogP contribution in [0.25, 0.3) is 0 Å². The first kappa shape index (κ1) is 13.3. The first-order valence-electron chi connectivity index (χ1n) is 2.86. The summed E-state index contributed by atoms with van der Waals surface area (Å²) in [6, 6.07) is 0. The van der Waals surface area contributed by atoms with E-state index in [2.05, 4.69) is 4.74 Å². The minimum absolute atomic E-state index is 0.0278. The Morgan fingerprint density at radius 3 is 1.45 bits per heavy atom. The molecule has 0 saturated heterocycles. The number of hydrogen-bond donors (Lipinski definition) is 2. The van der Waals surface area contributed by atoms with Crippen LogP contribution in [-0.4, -0.2) is 44.2 Å². The molecule has 0 fully saturated rings. The van der Waals surface area contributed by atoms with Gasteiger partial charge in [-0.2, -0.15) is 0 Å². The summed E-state index contributed by atoms with van der Waals surface area (Å²) < 4.78 is 33.6. The second-order valence-corrected chi connectivity index (χ2v) is 1.31. The van der Waals surface area contributed by atoms with Crippen molar-refractivity contribution in [3.05, 3.63) is 0 Å². The van der Waals surface area contributed by atoms with E-state index in [-0.39, 0.29) is 13.2 Å². The van der Waals surface area contributed by atoms with E-state index in [4.69, 9.17) is 10.2 Å². The maximum atomic E-state index is 9.67. The van der Waals surface area contributed by atoms with Crippen LogP contribution in [0.2, 0.25) is 0 Å². The van der Waals surface area contributed by atoms with Gasteiger partial charge in [-0.1, -0.05) is 0 Å². The van der Waals surface area contributed by atoms with Crippen LogP contribution in [0.5, 0.6) is 0 Å². The largest absolute Gasteiger partial charge is 0.762 e. The van der Waals surface area contributed by atoms with Crippen molar-refractivity contribution in [2.24, 2.45) is 0 Å². The van der Waals surface area contributed by atoms with Crippen molar-refractivity contribution in [3.63, 3.8) is 0 Å². The predicted molar refractivity (Wildman–Crippen MR) is 34.1 cm³/mol. The summed E-state index contributed by atoms with van der Waals surface area (Å²) in [5.41, 5.74) is 0. The number of ether oxygens (including phenoxy) is 1. The van der Waals surface area contributed by atoms with Gasteiger partial charge in [0.25, 0.3) is 0 Å². The summed E-state index contributed by atoms with van der Waals surface area (Å²) >= 11 is 0. The first-order chi connectivity index (χ1) is 5.15. The Labute approximate surface area is 63.0 Å². The molecule has 0 radical (unpaired) electrons. The van der Waals surface area contributed by atoms with Crippen molar-refractivity contribution in [2.75, 3.05) is 26.4 Å². The highest BCUT2D eigenvalue weighted by Gasteiger charge is 2.06. The van der Waals surface area contributed by atoms with Gasteiger partial charge < -0.3 is 14.9 Å². The molecule has 0 aliphatic carbocycles. The number of aliphatic hydroxyl groups excluding tert-OH is 2. The van der Waals surface area contributed by atoms with Crippen LogP contribution in [0.1, 0.15) is 0 Å². The lowest BCUT2D eigenvalue weighted by atomic mass is 10.5. The molecule has 0 atom stereocenters. The Balaban J connectivity index is 0. The van der Waals surface area contributed by atoms with Gasteiger partial charge in [0.15, 0.2) is 0 Å². The van der Waals surface area contributed by atoms with Crippen LogP contribution in [-0.2, 0) is 4.74 Å².